The standard InChI is InChI=1S/C12H18N2O/c15-12-9-13-7-6-11(12)14-8-10-4-2-1-3-5-10/h1-5,11-15H,6-9H2/t11-,12+/m0/s1. The van der Waals surface area contributed by atoms with E-state index in [1.54, 1.807) is 0 Å². The Morgan fingerprint density at radius 2 is 2.13 bits per heavy atom. The topological polar surface area (TPSA) is 44.3 Å². The molecule has 1 aliphatic rings. The number of piperidine rings is 1. The number of nitrogens with one attached hydrogen (secondary N) is 2. The molecule has 0 aromatic heterocycles. The number of aliphatic hydroxyl groups is 1. The lowest BCUT2D eigenvalue weighted by Gasteiger charge is -2.29. The molecule has 3 N–H and O–H groups in total. The van der Waals surface area contributed by atoms with Crippen molar-refractivity contribution in [2.24, 2.45) is 0 Å². The van der Waals surface area contributed by atoms with Crippen LogP contribution >= 0.6 is 0 Å². The van der Waals surface area contributed by atoms with E-state index in [0.29, 0.717) is 6.54 Å². The van der Waals surface area contributed by atoms with Gasteiger partial charge in [-0.2, -0.15) is 0 Å². The molecule has 0 spiro atoms. The average molecular weight is 206 g/mol. The van der Waals surface area contributed by atoms with Gasteiger partial charge in [0.1, 0.15) is 0 Å². The van der Waals surface area contributed by atoms with Crippen LogP contribution in [0.15, 0.2) is 30.3 Å². The Morgan fingerprint density at radius 3 is 2.87 bits per heavy atom. The fourth-order valence-corrected chi connectivity index (χ4v) is 1.93. The molecule has 0 unspecified atom stereocenters. The van der Waals surface area contributed by atoms with E-state index in [1.807, 2.05) is 18.2 Å². The van der Waals surface area contributed by atoms with Crippen LogP contribution in [-0.2, 0) is 6.54 Å². The summed E-state index contributed by atoms with van der Waals surface area (Å²) in [7, 11) is 0. The summed E-state index contributed by atoms with van der Waals surface area (Å²) in [5, 5.41) is 16.3. The number of hydrogen-bond acceptors (Lipinski definition) is 3. The maximum Gasteiger partial charge on any atom is 0.0817 e. The Bertz CT molecular complexity index is 289. The van der Waals surface area contributed by atoms with E-state index in [0.717, 1.165) is 19.5 Å². The molecule has 1 fully saturated rings. The lowest BCUT2D eigenvalue weighted by Crippen LogP contribution is -2.50. The number of rotatable bonds is 3. The van der Waals surface area contributed by atoms with E-state index in [4.69, 9.17) is 0 Å². The number of aliphatic hydroxyl groups excluding tert-OH is 1. The molecule has 82 valence electrons. The third-order valence-corrected chi connectivity index (χ3v) is 2.86. The molecule has 0 saturated carbocycles. The number of hydrogen-bond donors (Lipinski definition) is 3. The third kappa shape index (κ3) is 3.02. The molecule has 2 atom stereocenters. The Kier molecular flexibility index (Phi) is 3.72. The highest BCUT2D eigenvalue weighted by atomic mass is 16.3. The summed E-state index contributed by atoms with van der Waals surface area (Å²) in [6, 6.07) is 10.5. The molecular formula is C12H18N2O. The van der Waals surface area contributed by atoms with E-state index in [2.05, 4.69) is 22.8 Å². The van der Waals surface area contributed by atoms with Crippen molar-refractivity contribution in [3.05, 3.63) is 35.9 Å². The van der Waals surface area contributed by atoms with Gasteiger partial charge < -0.3 is 15.7 Å². The summed E-state index contributed by atoms with van der Waals surface area (Å²) >= 11 is 0. The molecule has 0 bridgehead atoms. The van der Waals surface area contributed by atoms with Crippen molar-refractivity contribution >= 4 is 0 Å². The normalized spacial score (nSPS) is 26.5. The minimum Gasteiger partial charge on any atom is -0.390 e. The maximum atomic E-state index is 9.72. The summed E-state index contributed by atoms with van der Waals surface area (Å²) in [5.74, 6) is 0. The molecule has 0 amide bonds. The first kappa shape index (κ1) is 10.6. The van der Waals surface area contributed by atoms with Crippen molar-refractivity contribution in [3.8, 4) is 0 Å². The Hall–Kier alpha value is -0.900. The second kappa shape index (κ2) is 5.26. The fourth-order valence-electron chi connectivity index (χ4n) is 1.93. The zero-order valence-electron chi connectivity index (χ0n) is 8.82. The third-order valence-electron chi connectivity index (χ3n) is 2.86. The highest BCUT2D eigenvalue weighted by Crippen LogP contribution is 2.05. The predicted octanol–water partition coefficient (Wildman–Crippen LogP) is 0.499. The molecule has 15 heavy (non-hydrogen) atoms. The van der Waals surface area contributed by atoms with Gasteiger partial charge >= 0.3 is 0 Å². The molecule has 1 heterocycles. The fraction of sp³-hybridized carbons (Fsp3) is 0.500. The van der Waals surface area contributed by atoms with Gasteiger partial charge in [-0.05, 0) is 18.5 Å². The van der Waals surface area contributed by atoms with Gasteiger partial charge in [-0.3, -0.25) is 0 Å². The highest BCUT2D eigenvalue weighted by Gasteiger charge is 2.21. The molecular weight excluding hydrogens is 188 g/mol. The van der Waals surface area contributed by atoms with Crippen LogP contribution in [0, 0.1) is 0 Å². The van der Waals surface area contributed by atoms with Gasteiger partial charge in [0.2, 0.25) is 0 Å². The van der Waals surface area contributed by atoms with Gasteiger partial charge in [-0.25, -0.2) is 0 Å². The van der Waals surface area contributed by atoms with Gasteiger partial charge in [0.15, 0.2) is 0 Å². The van der Waals surface area contributed by atoms with Gasteiger partial charge in [0, 0.05) is 19.1 Å². The summed E-state index contributed by atoms with van der Waals surface area (Å²) in [6.45, 7) is 2.53. The number of benzene rings is 1. The van der Waals surface area contributed by atoms with Crippen molar-refractivity contribution in [2.75, 3.05) is 13.1 Å². The summed E-state index contributed by atoms with van der Waals surface area (Å²) in [5.41, 5.74) is 1.27. The van der Waals surface area contributed by atoms with Gasteiger partial charge in [0.05, 0.1) is 6.10 Å². The van der Waals surface area contributed by atoms with E-state index in [-0.39, 0.29) is 12.1 Å². The molecule has 0 aliphatic carbocycles. The van der Waals surface area contributed by atoms with Crippen LogP contribution in [0.4, 0.5) is 0 Å². The molecule has 1 saturated heterocycles. The zero-order chi connectivity index (χ0) is 10.5. The van der Waals surface area contributed by atoms with Crippen LogP contribution in [0.2, 0.25) is 0 Å². The summed E-state index contributed by atoms with van der Waals surface area (Å²) in [4.78, 5) is 0. The predicted molar refractivity (Wildman–Crippen MR) is 60.6 cm³/mol. The zero-order valence-corrected chi connectivity index (χ0v) is 8.82. The van der Waals surface area contributed by atoms with Crippen molar-refractivity contribution in [3.63, 3.8) is 0 Å². The van der Waals surface area contributed by atoms with Crippen LogP contribution in [0.1, 0.15) is 12.0 Å². The van der Waals surface area contributed by atoms with Gasteiger partial charge in [-0.1, -0.05) is 30.3 Å². The van der Waals surface area contributed by atoms with Crippen molar-refractivity contribution in [2.45, 2.75) is 25.1 Å². The smallest absolute Gasteiger partial charge is 0.0817 e. The van der Waals surface area contributed by atoms with Crippen molar-refractivity contribution in [1.29, 1.82) is 0 Å². The minimum atomic E-state index is -0.262. The molecule has 2 rings (SSSR count). The van der Waals surface area contributed by atoms with Crippen LogP contribution in [0.5, 0.6) is 0 Å². The van der Waals surface area contributed by atoms with E-state index < -0.39 is 0 Å². The summed E-state index contributed by atoms with van der Waals surface area (Å²) < 4.78 is 0. The van der Waals surface area contributed by atoms with Gasteiger partial charge in [0.25, 0.3) is 0 Å². The summed E-state index contributed by atoms with van der Waals surface area (Å²) in [6.07, 6.45) is 0.732. The highest BCUT2D eigenvalue weighted by molar-refractivity contribution is 5.14. The Balaban J connectivity index is 1.82. The van der Waals surface area contributed by atoms with Crippen LogP contribution in [0.25, 0.3) is 0 Å². The SMILES string of the molecule is O[C@@H]1CNCC[C@@H]1NCc1ccccc1. The lowest BCUT2D eigenvalue weighted by atomic mass is 10.0. The molecule has 3 heteroatoms. The minimum absolute atomic E-state index is 0.228. The van der Waals surface area contributed by atoms with E-state index in [9.17, 15) is 5.11 Å². The second-order valence-electron chi connectivity index (χ2n) is 4.03. The van der Waals surface area contributed by atoms with Gasteiger partial charge in [-0.15, -0.1) is 0 Å². The van der Waals surface area contributed by atoms with Crippen molar-refractivity contribution < 1.29 is 5.11 Å². The number of β-amino-alcohol motifs (C(OH)–C–C–N with tert-alkyl or cyclic N) is 1. The first-order valence-corrected chi connectivity index (χ1v) is 5.52. The largest absolute Gasteiger partial charge is 0.390 e. The second-order valence-corrected chi connectivity index (χ2v) is 4.03. The van der Waals surface area contributed by atoms with Crippen LogP contribution < -0.4 is 10.6 Å². The van der Waals surface area contributed by atoms with Crippen LogP contribution in [0.3, 0.4) is 0 Å². The molecule has 0 radical (unpaired) electrons. The maximum absolute atomic E-state index is 9.72. The molecule has 1 aromatic rings. The molecule has 1 aliphatic heterocycles. The van der Waals surface area contributed by atoms with E-state index in [1.165, 1.54) is 5.56 Å². The average Bonchev–Trinajstić information content (AvgIpc) is 2.29. The molecule has 3 nitrogen and oxygen atoms in total. The van der Waals surface area contributed by atoms with Crippen LogP contribution in [-0.4, -0.2) is 30.3 Å². The first-order valence-electron chi connectivity index (χ1n) is 5.52. The Labute approximate surface area is 90.5 Å². The quantitative estimate of drug-likeness (QED) is 0.675. The first-order chi connectivity index (χ1) is 7.36. The Morgan fingerprint density at radius 1 is 1.33 bits per heavy atom. The molecule has 1 aromatic carbocycles. The van der Waals surface area contributed by atoms with Crippen molar-refractivity contribution in [1.82, 2.24) is 10.6 Å². The monoisotopic (exact) mass is 206 g/mol. The van der Waals surface area contributed by atoms with E-state index >= 15 is 0 Å². The lowest BCUT2D eigenvalue weighted by molar-refractivity contribution is 0.102.